The Hall–Kier alpha value is -0.290. The number of rotatable bonds is 8. The molecule has 1 saturated carbocycles. The molecule has 1 fully saturated rings. The van der Waals surface area contributed by atoms with Gasteiger partial charge in [-0.2, -0.15) is 13.2 Å². The molecule has 0 heterocycles. The van der Waals surface area contributed by atoms with Crippen molar-refractivity contribution in [2.75, 3.05) is 19.8 Å². The van der Waals surface area contributed by atoms with Gasteiger partial charge < -0.3 is 10.1 Å². The quantitative estimate of drug-likeness (QED) is 0.718. The average Bonchev–Trinajstić information content (AvgIpc) is 2.94. The van der Waals surface area contributed by atoms with Gasteiger partial charge in [0.2, 0.25) is 0 Å². The standard InChI is InChI=1S/C12H22F3NO/c1-9(2)5-10(6-16-11-3-4-11)7-17-8-12(13,14)15/h9-11,16H,3-8H2,1-2H3. The molecule has 0 aromatic heterocycles. The first-order valence-electron chi connectivity index (χ1n) is 6.24. The molecule has 0 aromatic rings. The highest BCUT2D eigenvalue weighted by atomic mass is 19.4. The summed E-state index contributed by atoms with van der Waals surface area (Å²) in [6.45, 7) is 3.98. The van der Waals surface area contributed by atoms with Gasteiger partial charge in [-0.15, -0.1) is 0 Å². The molecule has 102 valence electrons. The molecule has 1 rings (SSSR count). The summed E-state index contributed by atoms with van der Waals surface area (Å²) in [5, 5.41) is 3.35. The fourth-order valence-electron chi connectivity index (χ4n) is 1.84. The first-order valence-corrected chi connectivity index (χ1v) is 6.24. The zero-order valence-electron chi connectivity index (χ0n) is 10.5. The van der Waals surface area contributed by atoms with E-state index in [0.29, 0.717) is 12.0 Å². The van der Waals surface area contributed by atoms with Crippen LogP contribution in [-0.2, 0) is 4.74 Å². The number of hydrogen-bond donors (Lipinski definition) is 1. The molecule has 2 nitrogen and oxygen atoms in total. The summed E-state index contributed by atoms with van der Waals surface area (Å²) in [5.41, 5.74) is 0. The van der Waals surface area contributed by atoms with Crippen LogP contribution in [-0.4, -0.2) is 32.0 Å². The lowest BCUT2D eigenvalue weighted by Crippen LogP contribution is -2.30. The molecule has 1 atom stereocenters. The molecule has 1 N–H and O–H groups in total. The van der Waals surface area contributed by atoms with Gasteiger partial charge in [0.25, 0.3) is 0 Å². The predicted molar refractivity (Wildman–Crippen MR) is 60.8 cm³/mol. The van der Waals surface area contributed by atoms with E-state index >= 15 is 0 Å². The maximum absolute atomic E-state index is 12.0. The summed E-state index contributed by atoms with van der Waals surface area (Å²) >= 11 is 0. The van der Waals surface area contributed by atoms with Crippen molar-refractivity contribution in [2.24, 2.45) is 11.8 Å². The molecule has 0 aromatic carbocycles. The third-order valence-electron chi connectivity index (χ3n) is 2.70. The number of hydrogen-bond acceptors (Lipinski definition) is 2. The summed E-state index contributed by atoms with van der Waals surface area (Å²) in [4.78, 5) is 0. The first kappa shape index (κ1) is 14.8. The highest BCUT2D eigenvalue weighted by molar-refractivity contribution is 4.82. The van der Waals surface area contributed by atoms with Gasteiger partial charge in [-0.25, -0.2) is 0 Å². The van der Waals surface area contributed by atoms with Gasteiger partial charge in [-0.05, 0) is 31.1 Å². The van der Waals surface area contributed by atoms with Crippen LogP contribution in [0.15, 0.2) is 0 Å². The number of halogens is 3. The Labute approximate surface area is 101 Å². The zero-order chi connectivity index (χ0) is 12.9. The SMILES string of the molecule is CC(C)CC(CNC1CC1)COCC(F)(F)F. The number of alkyl halides is 3. The Bertz CT molecular complexity index is 214. The normalized spacial score (nSPS) is 18.7. The van der Waals surface area contributed by atoms with Gasteiger partial charge in [-0.3, -0.25) is 0 Å². The Kier molecular flexibility index (Phi) is 5.73. The monoisotopic (exact) mass is 253 g/mol. The molecule has 5 heteroatoms. The molecule has 1 aliphatic carbocycles. The molecular weight excluding hydrogens is 231 g/mol. The van der Waals surface area contributed by atoms with E-state index in [0.717, 1.165) is 13.0 Å². The van der Waals surface area contributed by atoms with Crippen LogP contribution in [0.1, 0.15) is 33.1 Å². The fourth-order valence-corrected chi connectivity index (χ4v) is 1.84. The van der Waals surface area contributed by atoms with E-state index in [1.807, 2.05) is 0 Å². The smallest absolute Gasteiger partial charge is 0.372 e. The van der Waals surface area contributed by atoms with Gasteiger partial charge in [0.1, 0.15) is 6.61 Å². The molecule has 0 saturated heterocycles. The second kappa shape index (κ2) is 6.59. The minimum atomic E-state index is -4.22. The van der Waals surface area contributed by atoms with E-state index in [1.54, 1.807) is 0 Å². The molecular formula is C12H22F3NO. The summed E-state index contributed by atoms with van der Waals surface area (Å²) in [5.74, 6) is 0.661. The lowest BCUT2D eigenvalue weighted by Gasteiger charge is -2.20. The maximum atomic E-state index is 12.0. The summed E-state index contributed by atoms with van der Waals surface area (Å²) in [6.07, 6.45) is -0.931. The Balaban J connectivity index is 2.18. The predicted octanol–water partition coefficient (Wildman–Crippen LogP) is 2.98. The minimum Gasteiger partial charge on any atom is -0.372 e. The Morgan fingerprint density at radius 1 is 1.29 bits per heavy atom. The van der Waals surface area contributed by atoms with Gasteiger partial charge in [0, 0.05) is 12.6 Å². The summed E-state index contributed by atoms with van der Waals surface area (Å²) in [7, 11) is 0. The van der Waals surface area contributed by atoms with Gasteiger partial charge in [0.05, 0.1) is 6.61 Å². The van der Waals surface area contributed by atoms with Gasteiger partial charge >= 0.3 is 6.18 Å². The van der Waals surface area contributed by atoms with Crippen LogP contribution in [0.2, 0.25) is 0 Å². The van der Waals surface area contributed by atoms with Crippen molar-refractivity contribution in [3.63, 3.8) is 0 Å². The zero-order valence-corrected chi connectivity index (χ0v) is 10.5. The maximum Gasteiger partial charge on any atom is 0.411 e. The molecule has 1 aliphatic rings. The average molecular weight is 253 g/mol. The van der Waals surface area contributed by atoms with E-state index in [1.165, 1.54) is 12.8 Å². The van der Waals surface area contributed by atoms with Crippen LogP contribution >= 0.6 is 0 Å². The van der Waals surface area contributed by atoms with Crippen molar-refractivity contribution in [1.82, 2.24) is 5.32 Å². The van der Waals surface area contributed by atoms with E-state index in [-0.39, 0.29) is 12.5 Å². The van der Waals surface area contributed by atoms with Crippen LogP contribution in [0.3, 0.4) is 0 Å². The van der Waals surface area contributed by atoms with Crippen LogP contribution in [0.4, 0.5) is 13.2 Å². The van der Waals surface area contributed by atoms with Crippen molar-refractivity contribution < 1.29 is 17.9 Å². The van der Waals surface area contributed by atoms with Crippen molar-refractivity contribution in [1.29, 1.82) is 0 Å². The van der Waals surface area contributed by atoms with Gasteiger partial charge in [-0.1, -0.05) is 13.8 Å². The van der Waals surface area contributed by atoms with Crippen molar-refractivity contribution in [3.05, 3.63) is 0 Å². The molecule has 17 heavy (non-hydrogen) atoms. The number of ether oxygens (including phenoxy) is 1. The summed E-state index contributed by atoms with van der Waals surface area (Å²) < 4.78 is 40.6. The highest BCUT2D eigenvalue weighted by Crippen LogP contribution is 2.21. The van der Waals surface area contributed by atoms with Crippen molar-refractivity contribution >= 4 is 0 Å². The fraction of sp³-hybridized carbons (Fsp3) is 1.00. The van der Waals surface area contributed by atoms with E-state index in [2.05, 4.69) is 19.2 Å². The Morgan fingerprint density at radius 2 is 1.94 bits per heavy atom. The van der Waals surface area contributed by atoms with Crippen LogP contribution < -0.4 is 5.32 Å². The van der Waals surface area contributed by atoms with Crippen LogP contribution in [0.25, 0.3) is 0 Å². The number of nitrogens with one attached hydrogen (secondary N) is 1. The second-order valence-electron chi connectivity index (χ2n) is 5.31. The molecule has 0 aliphatic heterocycles. The lowest BCUT2D eigenvalue weighted by molar-refractivity contribution is -0.176. The highest BCUT2D eigenvalue weighted by Gasteiger charge is 2.28. The topological polar surface area (TPSA) is 21.3 Å². The molecule has 0 spiro atoms. The van der Waals surface area contributed by atoms with Crippen molar-refractivity contribution in [3.8, 4) is 0 Å². The Morgan fingerprint density at radius 3 is 2.41 bits per heavy atom. The van der Waals surface area contributed by atoms with E-state index in [9.17, 15) is 13.2 Å². The largest absolute Gasteiger partial charge is 0.411 e. The van der Waals surface area contributed by atoms with Crippen molar-refractivity contribution in [2.45, 2.75) is 45.3 Å². The van der Waals surface area contributed by atoms with Gasteiger partial charge in [0.15, 0.2) is 0 Å². The molecule has 0 amide bonds. The third kappa shape index (κ3) is 8.44. The summed E-state index contributed by atoms with van der Waals surface area (Å²) in [6, 6.07) is 0.590. The lowest BCUT2D eigenvalue weighted by atomic mass is 9.98. The molecule has 0 bridgehead atoms. The minimum absolute atomic E-state index is 0.179. The van der Waals surface area contributed by atoms with E-state index in [4.69, 9.17) is 4.74 Å². The van der Waals surface area contributed by atoms with Crippen LogP contribution in [0, 0.1) is 11.8 Å². The van der Waals surface area contributed by atoms with Crippen LogP contribution in [0.5, 0.6) is 0 Å². The first-order chi connectivity index (χ1) is 7.87. The molecule has 1 unspecified atom stereocenters. The second-order valence-corrected chi connectivity index (χ2v) is 5.31. The third-order valence-corrected chi connectivity index (χ3v) is 2.70. The van der Waals surface area contributed by atoms with E-state index < -0.39 is 12.8 Å². The molecule has 0 radical (unpaired) electrons.